The summed E-state index contributed by atoms with van der Waals surface area (Å²) in [6, 6.07) is 17.4. The summed E-state index contributed by atoms with van der Waals surface area (Å²) >= 11 is 5.10. The summed E-state index contributed by atoms with van der Waals surface area (Å²) in [7, 11) is 0. The first-order valence-electron chi connectivity index (χ1n) is 8.50. The zero-order valence-corrected chi connectivity index (χ0v) is 15.8. The van der Waals surface area contributed by atoms with E-state index < -0.39 is 0 Å². The molecule has 0 radical (unpaired) electrons. The Hall–Kier alpha value is -3.25. The van der Waals surface area contributed by atoms with E-state index in [1.807, 2.05) is 55.5 Å². The van der Waals surface area contributed by atoms with Crippen LogP contribution in [0.4, 0.5) is 0 Å². The molecule has 136 valence electrons. The molecule has 5 nitrogen and oxygen atoms in total. The van der Waals surface area contributed by atoms with E-state index in [0.29, 0.717) is 17.2 Å². The van der Waals surface area contributed by atoms with Crippen molar-refractivity contribution in [3.05, 3.63) is 78.4 Å². The van der Waals surface area contributed by atoms with Gasteiger partial charge in [-0.25, -0.2) is 4.98 Å². The zero-order valence-electron chi connectivity index (χ0n) is 15.0. The predicted molar refractivity (Wildman–Crippen MR) is 113 cm³/mol. The molecular weight excluding hydrogens is 356 g/mol. The van der Waals surface area contributed by atoms with Gasteiger partial charge in [0.25, 0.3) is 5.91 Å². The molecule has 1 heterocycles. The summed E-state index contributed by atoms with van der Waals surface area (Å²) in [5.41, 5.74) is 9.48. The van der Waals surface area contributed by atoms with Gasteiger partial charge in [0.15, 0.2) is 5.11 Å². The van der Waals surface area contributed by atoms with Gasteiger partial charge in [0, 0.05) is 17.5 Å². The van der Waals surface area contributed by atoms with Crippen LogP contribution in [-0.4, -0.2) is 22.5 Å². The van der Waals surface area contributed by atoms with Gasteiger partial charge in [-0.1, -0.05) is 54.1 Å². The first-order chi connectivity index (χ1) is 13.1. The van der Waals surface area contributed by atoms with Crippen molar-refractivity contribution < 1.29 is 4.79 Å². The summed E-state index contributed by atoms with van der Waals surface area (Å²) in [6.07, 6.45) is 1.68. The average molecular weight is 376 g/mol. The van der Waals surface area contributed by atoms with Crippen molar-refractivity contribution in [2.24, 2.45) is 0 Å². The lowest BCUT2D eigenvalue weighted by Crippen LogP contribution is -2.46. The third kappa shape index (κ3) is 4.48. The minimum absolute atomic E-state index is 0.287. The van der Waals surface area contributed by atoms with Gasteiger partial charge in [-0.3, -0.25) is 15.6 Å². The van der Waals surface area contributed by atoms with E-state index in [0.717, 1.165) is 22.2 Å². The second-order valence-corrected chi connectivity index (χ2v) is 6.42. The van der Waals surface area contributed by atoms with E-state index in [4.69, 9.17) is 17.2 Å². The van der Waals surface area contributed by atoms with Crippen LogP contribution in [0.5, 0.6) is 0 Å². The Bertz CT molecular complexity index is 999. The number of amides is 1. The summed E-state index contributed by atoms with van der Waals surface area (Å²) in [4.78, 5) is 17.5. The summed E-state index contributed by atoms with van der Waals surface area (Å²) in [6.45, 7) is 6.15. The maximum atomic E-state index is 12.8. The van der Waals surface area contributed by atoms with E-state index in [9.17, 15) is 4.79 Å². The average Bonchev–Trinajstić information content (AvgIpc) is 2.70. The lowest BCUT2D eigenvalue weighted by atomic mass is 10.0. The number of aryl methyl sites for hydroxylation is 1. The second kappa shape index (κ2) is 8.42. The standard InChI is InChI=1S/C21H20N4OS/c1-3-12-22-21(27)25-24-20(26)17-13-19(15-10-8-14(2)9-11-15)23-18-7-5-4-6-16(17)18/h3-11,13H,1,12H2,2H3,(H,24,26)(H2,22,25,27). The van der Waals surface area contributed by atoms with Crippen LogP contribution in [0.3, 0.4) is 0 Å². The number of carbonyl (C=O) groups excluding carboxylic acids is 1. The summed E-state index contributed by atoms with van der Waals surface area (Å²) in [5.74, 6) is -0.287. The van der Waals surface area contributed by atoms with Gasteiger partial charge in [0.05, 0.1) is 16.8 Å². The van der Waals surface area contributed by atoms with Gasteiger partial charge in [0.2, 0.25) is 0 Å². The number of benzene rings is 2. The molecule has 0 aliphatic carbocycles. The number of hydrogen-bond acceptors (Lipinski definition) is 3. The molecule has 2 aromatic carbocycles. The maximum Gasteiger partial charge on any atom is 0.270 e. The van der Waals surface area contributed by atoms with Crippen LogP contribution < -0.4 is 16.2 Å². The number of hydrogen-bond donors (Lipinski definition) is 3. The van der Waals surface area contributed by atoms with Crippen LogP contribution in [0.2, 0.25) is 0 Å². The van der Waals surface area contributed by atoms with Gasteiger partial charge in [-0.15, -0.1) is 6.58 Å². The summed E-state index contributed by atoms with van der Waals surface area (Å²) < 4.78 is 0. The molecule has 0 fully saturated rings. The Balaban J connectivity index is 1.93. The van der Waals surface area contributed by atoms with E-state index in [-0.39, 0.29) is 5.91 Å². The van der Waals surface area contributed by atoms with Crippen LogP contribution in [0.25, 0.3) is 22.2 Å². The fourth-order valence-electron chi connectivity index (χ4n) is 2.63. The molecular formula is C21H20N4OS. The quantitative estimate of drug-likeness (QED) is 0.369. The molecule has 0 aliphatic heterocycles. The number of thiocarbonyl (C=S) groups is 1. The van der Waals surface area contributed by atoms with E-state index in [2.05, 4.69) is 22.7 Å². The number of rotatable bonds is 4. The Morgan fingerprint density at radius 1 is 1.15 bits per heavy atom. The van der Waals surface area contributed by atoms with Crippen molar-refractivity contribution in [3.63, 3.8) is 0 Å². The molecule has 0 spiro atoms. The fourth-order valence-corrected chi connectivity index (χ4v) is 2.76. The Kier molecular flexibility index (Phi) is 5.78. The largest absolute Gasteiger partial charge is 0.358 e. The molecule has 0 saturated heterocycles. The number of nitrogens with one attached hydrogen (secondary N) is 3. The van der Waals surface area contributed by atoms with Gasteiger partial charge >= 0.3 is 0 Å². The number of nitrogens with zero attached hydrogens (tertiary/aromatic N) is 1. The molecule has 0 atom stereocenters. The van der Waals surface area contributed by atoms with Gasteiger partial charge < -0.3 is 5.32 Å². The van der Waals surface area contributed by atoms with Crippen LogP contribution in [0, 0.1) is 6.92 Å². The molecule has 0 bridgehead atoms. The highest BCUT2D eigenvalue weighted by Gasteiger charge is 2.14. The molecule has 1 aromatic heterocycles. The molecule has 3 aromatic rings. The molecule has 1 amide bonds. The smallest absolute Gasteiger partial charge is 0.270 e. The van der Waals surface area contributed by atoms with E-state index in [1.54, 1.807) is 12.1 Å². The monoisotopic (exact) mass is 376 g/mol. The Labute approximate surface area is 163 Å². The molecule has 3 N–H and O–H groups in total. The third-order valence-electron chi connectivity index (χ3n) is 4.00. The van der Waals surface area contributed by atoms with Crippen molar-refractivity contribution >= 4 is 34.1 Å². The van der Waals surface area contributed by atoms with Crippen molar-refractivity contribution in [2.45, 2.75) is 6.92 Å². The first-order valence-corrected chi connectivity index (χ1v) is 8.91. The van der Waals surface area contributed by atoms with Gasteiger partial charge in [0.1, 0.15) is 0 Å². The van der Waals surface area contributed by atoms with Crippen LogP contribution in [-0.2, 0) is 0 Å². The number of aromatic nitrogens is 1. The van der Waals surface area contributed by atoms with E-state index in [1.165, 1.54) is 5.56 Å². The van der Waals surface area contributed by atoms with E-state index >= 15 is 0 Å². The van der Waals surface area contributed by atoms with Crippen LogP contribution in [0.1, 0.15) is 15.9 Å². The number of hydrazine groups is 1. The fraction of sp³-hybridized carbons (Fsp3) is 0.0952. The number of para-hydroxylation sites is 1. The van der Waals surface area contributed by atoms with Crippen LogP contribution in [0.15, 0.2) is 67.3 Å². The van der Waals surface area contributed by atoms with Crippen molar-refractivity contribution in [1.29, 1.82) is 0 Å². The molecule has 0 aliphatic rings. The Morgan fingerprint density at radius 3 is 2.63 bits per heavy atom. The topological polar surface area (TPSA) is 66.0 Å². The number of carbonyl (C=O) groups is 1. The summed E-state index contributed by atoms with van der Waals surface area (Å²) in [5, 5.41) is 3.99. The van der Waals surface area contributed by atoms with Crippen molar-refractivity contribution in [1.82, 2.24) is 21.2 Å². The highest BCUT2D eigenvalue weighted by molar-refractivity contribution is 7.80. The molecule has 0 saturated carbocycles. The normalized spacial score (nSPS) is 10.3. The molecule has 6 heteroatoms. The second-order valence-electron chi connectivity index (χ2n) is 6.02. The highest BCUT2D eigenvalue weighted by atomic mass is 32.1. The zero-order chi connectivity index (χ0) is 19.2. The van der Waals surface area contributed by atoms with Crippen molar-refractivity contribution in [3.8, 4) is 11.3 Å². The minimum atomic E-state index is -0.287. The van der Waals surface area contributed by atoms with Crippen LogP contribution >= 0.6 is 12.2 Å². The predicted octanol–water partition coefficient (Wildman–Crippen LogP) is 3.51. The first kappa shape index (κ1) is 18.5. The molecule has 0 unspecified atom stereocenters. The third-order valence-corrected chi connectivity index (χ3v) is 4.25. The van der Waals surface area contributed by atoms with Crippen molar-refractivity contribution in [2.75, 3.05) is 6.54 Å². The Morgan fingerprint density at radius 2 is 1.89 bits per heavy atom. The highest BCUT2D eigenvalue weighted by Crippen LogP contribution is 2.25. The number of fused-ring (bicyclic) bond motifs is 1. The lowest BCUT2D eigenvalue weighted by Gasteiger charge is -2.13. The number of pyridine rings is 1. The maximum absolute atomic E-state index is 12.8. The minimum Gasteiger partial charge on any atom is -0.358 e. The van der Waals surface area contributed by atoms with Gasteiger partial charge in [-0.05, 0) is 31.3 Å². The van der Waals surface area contributed by atoms with Gasteiger partial charge in [-0.2, -0.15) is 0 Å². The SMILES string of the molecule is C=CCNC(=S)NNC(=O)c1cc(-c2ccc(C)cc2)nc2ccccc12. The lowest BCUT2D eigenvalue weighted by molar-refractivity contribution is 0.0945. The molecule has 3 rings (SSSR count). The molecule has 27 heavy (non-hydrogen) atoms.